The second-order valence-electron chi connectivity index (χ2n) is 4.14. The van der Waals surface area contributed by atoms with Crippen LogP contribution in [-0.2, 0) is 0 Å². The van der Waals surface area contributed by atoms with Gasteiger partial charge in [0.1, 0.15) is 5.75 Å². The van der Waals surface area contributed by atoms with Gasteiger partial charge >= 0.3 is 0 Å². The van der Waals surface area contributed by atoms with E-state index in [1.54, 1.807) is 7.11 Å². The number of hydrogen-bond acceptors (Lipinski definition) is 3. The van der Waals surface area contributed by atoms with Crippen molar-refractivity contribution in [2.24, 2.45) is 0 Å². The van der Waals surface area contributed by atoms with Crippen LogP contribution >= 0.6 is 11.8 Å². The van der Waals surface area contributed by atoms with Crippen molar-refractivity contribution in [3.8, 4) is 5.75 Å². The number of thioether (sulfide) groups is 1. The Labute approximate surface area is 109 Å². The number of methoxy groups -OCH3 is 1. The van der Waals surface area contributed by atoms with Gasteiger partial charge in [0.05, 0.1) is 7.11 Å². The Morgan fingerprint density at radius 3 is 2.71 bits per heavy atom. The number of nitrogens with one attached hydrogen (secondary N) is 1. The maximum atomic E-state index is 5.24. The normalized spacial score (nSPS) is 12.5. The topological polar surface area (TPSA) is 21.3 Å². The molecule has 0 saturated heterocycles. The van der Waals surface area contributed by atoms with Gasteiger partial charge in [-0.1, -0.05) is 13.0 Å². The molecule has 0 amide bonds. The van der Waals surface area contributed by atoms with E-state index >= 15 is 0 Å². The Bertz CT molecular complexity index is 341. The van der Waals surface area contributed by atoms with Gasteiger partial charge in [-0.25, -0.2) is 0 Å². The zero-order valence-corrected chi connectivity index (χ0v) is 12.1. The lowest BCUT2D eigenvalue weighted by atomic mass is 10.0. The molecule has 1 unspecified atom stereocenters. The standard InChI is InChI=1S/C14H23NOS/c1-5-8-17-10-14(15-3)13-7-6-12(16-4)9-11(13)2/h6-7,9,14-15H,5,8,10H2,1-4H3. The van der Waals surface area contributed by atoms with Crippen LogP contribution in [0.2, 0.25) is 0 Å². The Balaban J connectivity index is 2.73. The first-order valence-electron chi connectivity index (χ1n) is 6.12. The van der Waals surface area contributed by atoms with Gasteiger partial charge in [-0.3, -0.25) is 0 Å². The smallest absolute Gasteiger partial charge is 0.119 e. The van der Waals surface area contributed by atoms with E-state index in [2.05, 4.69) is 31.3 Å². The van der Waals surface area contributed by atoms with Crippen molar-refractivity contribution in [3.05, 3.63) is 29.3 Å². The molecule has 1 N–H and O–H groups in total. The van der Waals surface area contributed by atoms with E-state index in [9.17, 15) is 0 Å². The molecule has 0 radical (unpaired) electrons. The molecule has 1 rings (SSSR count). The van der Waals surface area contributed by atoms with Gasteiger partial charge in [0.25, 0.3) is 0 Å². The molecule has 0 heterocycles. The zero-order valence-electron chi connectivity index (χ0n) is 11.2. The summed E-state index contributed by atoms with van der Waals surface area (Å²) in [5, 5.41) is 3.39. The van der Waals surface area contributed by atoms with Crippen LogP contribution < -0.4 is 10.1 Å². The molecule has 17 heavy (non-hydrogen) atoms. The molecule has 0 spiro atoms. The van der Waals surface area contributed by atoms with E-state index in [0.717, 1.165) is 11.5 Å². The average Bonchev–Trinajstić information content (AvgIpc) is 2.35. The van der Waals surface area contributed by atoms with Gasteiger partial charge in [-0.05, 0) is 49.4 Å². The molecule has 0 aliphatic heterocycles. The molecule has 0 fully saturated rings. The summed E-state index contributed by atoms with van der Waals surface area (Å²) >= 11 is 2.01. The molecule has 0 saturated carbocycles. The predicted molar refractivity (Wildman–Crippen MR) is 77.1 cm³/mol. The lowest BCUT2D eigenvalue weighted by Gasteiger charge is -2.19. The van der Waals surface area contributed by atoms with Crippen LogP contribution in [0.3, 0.4) is 0 Å². The molecular formula is C14H23NOS. The minimum atomic E-state index is 0.428. The third-order valence-electron chi connectivity index (χ3n) is 2.83. The summed E-state index contributed by atoms with van der Waals surface area (Å²) in [5.41, 5.74) is 2.66. The van der Waals surface area contributed by atoms with Gasteiger partial charge in [-0.2, -0.15) is 11.8 Å². The van der Waals surface area contributed by atoms with Gasteiger partial charge in [-0.15, -0.1) is 0 Å². The second kappa shape index (κ2) is 7.62. The summed E-state index contributed by atoms with van der Waals surface area (Å²) < 4.78 is 5.24. The largest absolute Gasteiger partial charge is 0.497 e. The molecule has 3 heteroatoms. The highest BCUT2D eigenvalue weighted by molar-refractivity contribution is 7.99. The van der Waals surface area contributed by atoms with Crippen molar-refractivity contribution in [2.45, 2.75) is 26.3 Å². The first-order chi connectivity index (χ1) is 8.22. The van der Waals surface area contributed by atoms with E-state index in [4.69, 9.17) is 4.74 Å². The SMILES string of the molecule is CCCSCC(NC)c1ccc(OC)cc1C. The Morgan fingerprint density at radius 2 is 2.18 bits per heavy atom. The van der Waals surface area contributed by atoms with Crippen LogP contribution in [0, 0.1) is 6.92 Å². The van der Waals surface area contributed by atoms with Crippen molar-refractivity contribution in [2.75, 3.05) is 25.7 Å². The molecule has 0 bridgehead atoms. The van der Waals surface area contributed by atoms with Gasteiger partial charge in [0, 0.05) is 11.8 Å². The monoisotopic (exact) mass is 253 g/mol. The van der Waals surface area contributed by atoms with Crippen molar-refractivity contribution in [1.82, 2.24) is 5.32 Å². The highest BCUT2D eigenvalue weighted by Gasteiger charge is 2.12. The molecule has 1 aromatic carbocycles. The van der Waals surface area contributed by atoms with Crippen LogP contribution in [0.4, 0.5) is 0 Å². The maximum Gasteiger partial charge on any atom is 0.119 e. The molecule has 2 nitrogen and oxygen atoms in total. The highest BCUT2D eigenvalue weighted by Crippen LogP contribution is 2.25. The van der Waals surface area contributed by atoms with E-state index in [1.807, 2.05) is 24.9 Å². The van der Waals surface area contributed by atoms with E-state index < -0.39 is 0 Å². The molecule has 0 aliphatic carbocycles. The zero-order chi connectivity index (χ0) is 12.7. The summed E-state index contributed by atoms with van der Waals surface area (Å²) in [6, 6.07) is 6.74. The fourth-order valence-corrected chi connectivity index (χ4v) is 2.88. The van der Waals surface area contributed by atoms with Crippen molar-refractivity contribution < 1.29 is 4.74 Å². The van der Waals surface area contributed by atoms with Crippen molar-refractivity contribution >= 4 is 11.8 Å². The van der Waals surface area contributed by atoms with Crippen LogP contribution in [0.25, 0.3) is 0 Å². The summed E-state index contributed by atoms with van der Waals surface area (Å²) in [6.45, 7) is 4.37. The number of aryl methyl sites for hydroxylation is 1. The molecule has 96 valence electrons. The van der Waals surface area contributed by atoms with Gasteiger partial charge in [0.2, 0.25) is 0 Å². The van der Waals surface area contributed by atoms with Crippen molar-refractivity contribution in [3.63, 3.8) is 0 Å². The van der Waals surface area contributed by atoms with Gasteiger partial charge < -0.3 is 10.1 Å². The van der Waals surface area contributed by atoms with E-state index in [-0.39, 0.29) is 0 Å². The summed E-state index contributed by atoms with van der Waals surface area (Å²) in [6.07, 6.45) is 1.24. The molecule has 1 aromatic rings. The fraction of sp³-hybridized carbons (Fsp3) is 0.571. The van der Waals surface area contributed by atoms with Crippen molar-refractivity contribution in [1.29, 1.82) is 0 Å². The quantitative estimate of drug-likeness (QED) is 0.752. The summed E-state index contributed by atoms with van der Waals surface area (Å²) in [5.74, 6) is 3.28. The first-order valence-corrected chi connectivity index (χ1v) is 7.28. The summed E-state index contributed by atoms with van der Waals surface area (Å²) in [4.78, 5) is 0. The highest BCUT2D eigenvalue weighted by atomic mass is 32.2. The number of rotatable bonds is 7. The Hall–Kier alpha value is -0.670. The minimum absolute atomic E-state index is 0.428. The first kappa shape index (κ1) is 14.4. The molecule has 1 atom stereocenters. The van der Waals surface area contributed by atoms with Crippen LogP contribution in [-0.4, -0.2) is 25.7 Å². The Kier molecular flexibility index (Phi) is 6.45. The van der Waals surface area contributed by atoms with Crippen LogP contribution in [0.1, 0.15) is 30.5 Å². The molecular weight excluding hydrogens is 230 g/mol. The van der Waals surface area contributed by atoms with Crippen LogP contribution in [0.5, 0.6) is 5.75 Å². The molecule has 0 aliphatic rings. The lowest BCUT2D eigenvalue weighted by Crippen LogP contribution is -2.20. The third kappa shape index (κ3) is 4.25. The maximum absolute atomic E-state index is 5.24. The predicted octanol–water partition coefficient (Wildman–Crippen LogP) is 3.41. The minimum Gasteiger partial charge on any atom is -0.497 e. The Morgan fingerprint density at radius 1 is 1.41 bits per heavy atom. The second-order valence-corrected chi connectivity index (χ2v) is 5.29. The lowest BCUT2D eigenvalue weighted by molar-refractivity contribution is 0.414. The number of benzene rings is 1. The number of hydrogen-bond donors (Lipinski definition) is 1. The van der Waals surface area contributed by atoms with Gasteiger partial charge in [0.15, 0.2) is 0 Å². The van der Waals surface area contributed by atoms with E-state index in [0.29, 0.717) is 6.04 Å². The van der Waals surface area contributed by atoms with Crippen LogP contribution in [0.15, 0.2) is 18.2 Å². The fourth-order valence-electron chi connectivity index (χ4n) is 1.84. The third-order valence-corrected chi connectivity index (χ3v) is 4.10. The average molecular weight is 253 g/mol. The molecule has 0 aromatic heterocycles. The number of ether oxygens (including phenoxy) is 1. The van der Waals surface area contributed by atoms with E-state index in [1.165, 1.54) is 23.3 Å². The summed E-state index contributed by atoms with van der Waals surface area (Å²) in [7, 11) is 3.74.